The number of nitrogens with zero attached hydrogens (tertiary/aromatic N) is 6. The highest BCUT2D eigenvalue weighted by Gasteiger charge is 2.34. The second-order valence-electron chi connectivity index (χ2n) is 9.35. The summed E-state index contributed by atoms with van der Waals surface area (Å²) in [6.07, 6.45) is 7.15. The van der Waals surface area contributed by atoms with Crippen LogP contribution in [0.4, 0.5) is 0 Å². The molecule has 4 aromatic rings. The summed E-state index contributed by atoms with van der Waals surface area (Å²) in [7, 11) is 0. The minimum atomic E-state index is -0.138. The van der Waals surface area contributed by atoms with E-state index in [-0.39, 0.29) is 17.7 Å². The van der Waals surface area contributed by atoms with Crippen molar-refractivity contribution in [1.82, 2.24) is 34.6 Å². The number of nitrogens with one attached hydrogen (secondary N) is 1. The number of pyridine rings is 1. The number of H-pyrrole nitrogens is 1. The van der Waals surface area contributed by atoms with E-state index < -0.39 is 0 Å². The molecule has 0 saturated carbocycles. The molecule has 9 heteroatoms. The Kier molecular flexibility index (Phi) is 5.24. The number of piperidine rings is 2. The first-order valence-corrected chi connectivity index (χ1v) is 12.0. The summed E-state index contributed by atoms with van der Waals surface area (Å²) in [6, 6.07) is 11.5. The number of carbonyl (C=O) groups excluding carboxylic acids is 2. The fourth-order valence-electron chi connectivity index (χ4n) is 5.38. The van der Waals surface area contributed by atoms with Crippen LogP contribution in [0.2, 0.25) is 0 Å². The third-order valence-electron chi connectivity index (χ3n) is 7.26. The third-order valence-corrected chi connectivity index (χ3v) is 7.26. The summed E-state index contributed by atoms with van der Waals surface area (Å²) in [5.41, 5.74) is 2.41. The predicted octanol–water partition coefficient (Wildman–Crippen LogP) is 2.86. The molecule has 0 spiro atoms. The van der Waals surface area contributed by atoms with Crippen molar-refractivity contribution in [2.75, 3.05) is 26.2 Å². The molecule has 1 N–H and O–H groups in total. The molecular weight excluding hydrogens is 430 g/mol. The standard InChI is InChI=1S/C25H27N7O2/c33-24(18-6-7-21-20(14-18)15-26-27-21)31-10-3-4-19(16-31)25(34)30-12-8-17(9-13-30)23-29-28-22-5-1-2-11-32(22)23/h1-2,5-7,11,14-15,17,19H,3-4,8-10,12-13,16H2,(H,26,27). The van der Waals surface area contributed by atoms with Crippen molar-refractivity contribution in [2.24, 2.45) is 5.92 Å². The number of likely N-dealkylation sites (tertiary alicyclic amines) is 2. The summed E-state index contributed by atoms with van der Waals surface area (Å²) >= 11 is 0. The molecule has 1 unspecified atom stereocenters. The van der Waals surface area contributed by atoms with E-state index in [1.165, 1.54) is 0 Å². The minimum absolute atomic E-state index is 0.0157. The zero-order chi connectivity index (χ0) is 23.1. The number of hydrogen-bond donors (Lipinski definition) is 1. The summed E-state index contributed by atoms with van der Waals surface area (Å²) in [5.74, 6) is 1.29. The van der Waals surface area contributed by atoms with Gasteiger partial charge in [-0.05, 0) is 56.0 Å². The summed E-state index contributed by atoms with van der Waals surface area (Å²) < 4.78 is 2.05. The van der Waals surface area contributed by atoms with Gasteiger partial charge in [-0.3, -0.25) is 19.1 Å². The Morgan fingerprint density at radius 1 is 0.971 bits per heavy atom. The van der Waals surface area contributed by atoms with Crippen LogP contribution in [-0.2, 0) is 4.79 Å². The van der Waals surface area contributed by atoms with Crippen LogP contribution in [0.5, 0.6) is 0 Å². The van der Waals surface area contributed by atoms with Crippen molar-refractivity contribution >= 4 is 28.4 Å². The monoisotopic (exact) mass is 457 g/mol. The Labute approximate surface area is 196 Å². The number of fused-ring (bicyclic) bond motifs is 2. The van der Waals surface area contributed by atoms with E-state index in [2.05, 4.69) is 20.4 Å². The van der Waals surface area contributed by atoms with Crippen molar-refractivity contribution in [1.29, 1.82) is 0 Å². The number of amides is 2. The van der Waals surface area contributed by atoms with Crippen molar-refractivity contribution in [3.8, 4) is 0 Å². The molecule has 9 nitrogen and oxygen atoms in total. The molecule has 6 rings (SSSR count). The smallest absolute Gasteiger partial charge is 0.253 e. The first-order valence-electron chi connectivity index (χ1n) is 12.0. The Balaban J connectivity index is 1.09. The van der Waals surface area contributed by atoms with E-state index >= 15 is 0 Å². The Hall–Kier alpha value is -3.75. The van der Waals surface area contributed by atoms with E-state index in [1.54, 1.807) is 6.20 Å². The molecule has 174 valence electrons. The molecule has 5 heterocycles. The average Bonchev–Trinajstić information content (AvgIpc) is 3.55. The topological polar surface area (TPSA) is 99.5 Å². The van der Waals surface area contributed by atoms with Gasteiger partial charge in [0.2, 0.25) is 5.91 Å². The van der Waals surface area contributed by atoms with E-state index in [0.29, 0.717) is 37.7 Å². The Bertz CT molecular complexity index is 1350. The zero-order valence-electron chi connectivity index (χ0n) is 18.9. The van der Waals surface area contributed by atoms with Gasteiger partial charge in [-0.25, -0.2) is 0 Å². The van der Waals surface area contributed by atoms with Crippen LogP contribution < -0.4 is 0 Å². The lowest BCUT2D eigenvalue weighted by atomic mass is 9.92. The maximum absolute atomic E-state index is 13.3. The molecule has 3 aromatic heterocycles. The lowest BCUT2D eigenvalue weighted by Crippen LogP contribution is -2.48. The third kappa shape index (κ3) is 3.70. The fraction of sp³-hybridized carbons (Fsp3) is 0.400. The van der Waals surface area contributed by atoms with Gasteiger partial charge in [-0.2, -0.15) is 5.10 Å². The van der Waals surface area contributed by atoms with Gasteiger partial charge in [0.25, 0.3) is 5.91 Å². The Morgan fingerprint density at radius 3 is 2.74 bits per heavy atom. The SMILES string of the molecule is O=C(c1ccc2[nH]ncc2c1)N1CCCC(C(=O)N2CCC(c3nnc4ccccn34)CC2)C1. The first-order chi connectivity index (χ1) is 16.7. The molecule has 2 saturated heterocycles. The molecular formula is C25H27N7O2. The molecule has 0 bridgehead atoms. The van der Waals surface area contributed by atoms with E-state index in [4.69, 9.17) is 0 Å². The summed E-state index contributed by atoms with van der Waals surface area (Å²) in [6.45, 7) is 2.60. The molecule has 34 heavy (non-hydrogen) atoms. The number of aromatic amines is 1. The second-order valence-corrected chi connectivity index (χ2v) is 9.35. The maximum atomic E-state index is 13.3. The molecule has 1 atom stereocenters. The number of rotatable bonds is 3. The molecule has 0 aliphatic carbocycles. The normalized spacial score (nSPS) is 19.7. The highest BCUT2D eigenvalue weighted by atomic mass is 16.2. The van der Waals surface area contributed by atoms with E-state index in [0.717, 1.165) is 48.1 Å². The van der Waals surface area contributed by atoms with Crippen molar-refractivity contribution in [3.63, 3.8) is 0 Å². The highest BCUT2D eigenvalue weighted by Crippen LogP contribution is 2.29. The quantitative estimate of drug-likeness (QED) is 0.510. The number of benzene rings is 1. The minimum Gasteiger partial charge on any atom is -0.342 e. The molecule has 2 aliphatic rings. The van der Waals surface area contributed by atoms with Gasteiger partial charge in [0.05, 0.1) is 17.6 Å². The van der Waals surface area contributed by atoms with Gasteiger partial charge >= 0.3 is 0 Å². The van der Waals surface area contributed by atoms with Crippen LogP contribution in [0.1, 0.15) is 47.8 Å². The zero-order valence-corrected chi connectivity index (χ0v) is 18.9. The number of aromatic nitrogens is 5. The van der Waals surface area contributed by atoms with Crippen molar-refractivity contribution in [3.05, 3.63) is 60.2 Å². The van der Waals surface area contributed by atoms with Gasteiger partial charge in [0.1, 0.15) is 5.82 Å². The largest absolute Gasteiger partial charge is 0.342 e. The molecule has 0 radical (unpaired) electrons. The second kappa shape index (κ2) is 8.55. The maximum Gasteiger partial charge on any atom is 0.253 e. The van der Waals surface area contributed by atoms with Gasteiger partial charge in [-0.1, -0.05) is 6.07 Å². The first kappa shape index (κ1) is 20.8. The fourth-order valence-corrected chi connectivity index (χ4v) is 5.38. The van der Waals surface area contributed by atoms with E-state index in [1.807, 2.05) is 56.8 Å². The molecule has 1 aromatic carbocycles. The van der Waals surface area contributed by atoms with Gasteiger partial charge in [0, 0.05) is 49.2 Å². The van der Waals surface area contributed by atoms with Crippen LogP contribution in [-0.4, -0.2) is 72.6 Å². The van der Waals surface area contributed by atoms with Gasteiger partial charge < -0.3 is 9.80 Å². The summed E-state index contributed by atoms with van der Waals surface area (Å²) in [5, 5.41) is 16.5. The van der Waals surface area contributed by atoms with Crippen molar-refractivity contribution < 1.29 is 9.59 Å². The van der Waals surface area contributed by atoms with Crippen LogP contribution in [0.25, 0.3) is 16.6 Å². The Morgan fingerprint density at radius 2 is 1.85 bits per heavy atom. The van der Waals surface area contributed by atoms with E-state index in [9.17, 15) is 9.59 Å². The van der Waals surface area contributed by atoms with Gasteiger partial charge in [0.15, 0.2) is 5.65 Å². The highest BCUT2D eigenvalue weighted by molar-refractivity contribution is 5.98. The number of carbonyl (C=O) groups is 2. The lowest BCUT2D eigenvalue weighted by Gasteiger charge is -2.37. The van der Waals surface area contributed by atoms with Crippen LogP contribution in [0.15, 0.2) is 48.8 Å². The predicted molar refractivity (Wildman–Crippen MR) is 126 cm³/mol. The van der Waals surface area contributed by atoms with Crippen molar-refractivity contribution in [2.45, 2.75) is 31.6 Å². The number of hydrogen-bond acceptors (Lipinski definition) is 5. The molecule has 2 amide bonds. The lowest BCUT2D eigenvalue weighted by molar-refractivity contribution is -0.138. The van der Waals surface area contributed by atoms with Crippen LogP contribution in [0, 0.1) is 5.92 Å². The molecule has 2 fully saturated rings. The molecule has 2 aliphatic heterocycles. The van der Waals surface area contributed by atoms with Crippen LogP contribution in [0.3, 0.4) is 0 Å². The summed E-state index contributed by atoms with van der Waals surface area (Å²) in [4.78, 5) is 30.3. The van der Waals surface area contributed by atoms with Gasteiger partial charge in [-0.15, -0.1) is 10.2 Å². The van der Waals surface area contributed by atoms with Crippen LogP contribution >= 0.6 is 0 Å². The average molecular weight is 458 g/mol.